The van der Waals surface area contributed by atoms with E-state index in [9.17, 15) is 0 Å². The van der Waals surface area contributed by atoms with Gasteiger partial charge in [-0.1, -0.05) is 49.4 Å². The highest BCUT2D eigenvalue weighted by Crippen LogP contribution is 2.40. The van der Waals surface area contributed by atoms with Crippen molar-refractivity contribution in [1.82, 2.24) is 19.7 Å². The van der Waals surface area contributed by atoms with Gasteiger partial charge in [0.15, 0.2) is 5.82 Å². The highest BCUT2D eigenvalue weighted by atomic mass is 35.5. The van der Waals surface area contributed by atoms with Gasteiger partial charge in [0, 0.05) is 34.1 Å². The zero-order chi connectivity index (χ0) is 23.8. The van der Waals surface area contributed by atoms with E-state index in [0.29, 0.717) is 10.9 Å². The molecule has 0 saturated carbocycles. The Hall–Kier alpha value is -3.27. The van der Waals surface area contributed by atoms with E-state index in [1.54, 1.807) is 23.7 Å². The van der Waals surface area contributed by atoms with Gasteiger partial charge in [0.2, 0.25) is 0 Å². The molecule has 0 amide bonds. The van der Waals surface area contributed by atoms with E-state index in [0.717, 1.165) is 55.9 Å². The van der Waals surface area contributed by atoms with Gasteiger partial charge >= 0.3 is 0 Å². The number of nitrogens with zero attached hydrogens (tertiary/aromatic N) is 5. The predicted molar refractivity (Wildman–Crippen MR) is 138 cm³/mol. The summed E-state index contributed by atoms with van der Waals surface area (Å²) in [5, 5.41) is 10.8. The minimum Gasteiger partial charge on any atom is -0.273 e. The van der Waals surface area contributed by atoms with Gasteiger partial charge < -0.3 is 0 Å². The van der Waals surface area contributed by atoms with Gasteiger partial charge in [-0.15, -0.1) is 21.5 Å². The molecule has 7 heteroatoms. The summed E-state index contributed by atoms with van der Waals surface area (Å²) in [6, 6.07) is 11.7. The van der Waals surface area contributed by atoms with Crippen LogP contribution in [0.15, 0.2) is 53.8 Å². The molecule has 4 heterocycles. The van der Waals surface area contributed by atoms with Crippen LogP contribution in [-0.2, 0) is 0 Å². The van der Waals surface area contributed by atoms with Gasteiger partial charge in [-0.05, 0) is 56.0 Å². The zero-order valence-electron chi connectivity index (χ0n) is 19.5. The quantitative estimate of drug-likeness (QED) is 0.318. The molecule has 0 unspecified atom stereocenters. The first kappa shape index (κ1) is 22.5. The Morgan fingerprint density at radius 3 is 2.59 bits per heavy atom. The molecule has 0 aliphatic carbocycles. The number of aryl methyl sites for hydroxylation is 1. The van der Waals surface area contributed by atoms with Crippen LogP contribution < -0.4 is 0 Å². The molecule has 0 saturated heterocycles. The topological polar surface area (TPSA) is 56.0 Å². The number of aromatic nitrogens is 4. The molecule has 0 bridgehead atoms. The van der Waals surface area contributed by atoms with Gasteiger partial charge in [-0.3, -0.25) is 14.5 Å². The van der Waals surface area contributed by atoms with Crippen LogP contribution in [0, 0.1) is 31.6 Å². The molecule has 1 aliphatic heterocycles. The van der Waals surface area contributed by atoms with Crippen LogP contribution in [0.25, 0.3) is 5.00 Å². The largest absolute Gasteiger partial charge is 0.273 e. The monoisotopic (exact) mass is 485 g/mol. The van der Waals surface area contributed by atoms with E-state index >= 15 is 0 Å². The van der Waals surface area contributed by atoms with Crippen molar-refractivity contribution in [3.05, 3.63) is 92.6 Å². The fourth-order valence-electron chi connectivity index (χ4n) is 4.17. The summed E-state index contributed by atoms with van der Waals surface area (Å²) in [5.74, 6) is 8.82. The first-order valence-corrected chi connectivity index (χ1v) is 12.4. The first-order chi connectivity index (χ1) is 16.4. The van der Waals surface area contributed by atoms with Gasteiger partial charge in [-0.25, -0.2) is 0 Å². The van der Waals surface area contributed by atoms with Gasteiger partial charge in [0.05, 0.1) is 10.6 Å². The molecule has 1 atom stereocenters. The number of pyridine rings is 1. The minimum absolute atomic E-state index is 0.0872. The molecule has 4 aromatic rings. The number of hydrogen-bond acceptors (Lipinski definition) is 5. The van der Waals surface area contributed by atoms with Gasteiger partial charge in [-0.2, -0.15) is 0 Å². The van der Waals surface area contributed by atoms with E-state index in [4.69, 9.17) is 16.6 Å². The Bertz CT molecular complexity index is 1440. The molecular formula is C27H24ClN5S. The molecule has 0 fully saturated rings. The molecule has 170 valence electrons. The summed E-state index contributed by atoms with van der Waals surface area (Å²) in [7, 11) is 0. The summed E-state index contributed by atoms with van der Waals surface area (Å²) in [6.45, 7) is 8.54. The maximum absolute atomic E-state index is 6.21. The highest BCUT2D eigenvalue weighted by Gasteiger charge is 2.32. The van der Waals surface area contributed by atoms with Crippen LogP contribution in [0.1, 0.15) is 65.1 Å². The lowest BCUT2D eigenvalue weighted by Crippen LogP contribution is -2.08. The average Bonchev–Trinajstić information content (AvgIpc) is 3.31. The first-order valence-electron chi connectivity index (χ1n) is 11.2. The number of benzene rings is 1. The maximum Gasteiger partial charge on any atom is 0.163 e. The minimum atomic E-state index is -0.0872. The van der Waals surface area contributed by atoms with Crippen LogP contribution >= 0.6 is 22.9 Å². The molecule has 0 spiro atoms. The highest BCUT2D eigenvalue weighted by molar-refractivity contribution is 7.15. The van der Waals surface area contributed by atoms with Crippen LogP contribution in [-0.4, -0.2) is 25.5 Å². The molecule has 34 heavy (non-hydrogen) atoms. The average molecular weight is 486 g/mol. The second-order valence-corrected chi connectivity index (χ2v) is 10.2. The Labute approximate surface area is 208 Å². The lowest BCUT2D eigenvalue weighted by atomic mass is 9.99. The number of rotatable bonds is 3. The Balaban J connectivity index is 1.75. The third-order valence-corrected chi connectivity index (χ3v) is 7.24. The van der Waals surface area contributed by atoms with Crippen LogP contribution in [0.4, 0.5) is 0 Å². The van der Waals surface area contributed by atoms with Crippen molar-refractivity contribution in [3.63, 3.8) is 0 Å². The molecule has 3 aromatic heterocycles. The SMILES string of the molecule is Cc1c(C#Cc2cccnc2)sc2c1C(c1ccc(Cl)cc1)=N[C@@H](CC(C)C)c1nnc(C)n1-2. The van der Waals surface area contributed by atoms with E-state index < -0.39 is 0 Å². The summed E-state index contributed by atoms with van der Waals surface area (Å²) in [5.41, 5.74) is 5.05. The number of hydrogen-bond donors (Lipinski definition) is 0. The van der Waals surface area contributed by atoms with Crippen LogP contribution in [0.3, 0.4) is 0 Å². The Kier molecular flexibility index (Phi) is 6.07. The standard InChI is InChI=1S/C27H24ClN5S/c1-16(2)14-22-26-32-31-18(4)33(26)27-24(25(30-22)20-8-10-21(28)11-9-20)17(3)23(34-27)12-7-19-6-5-13-29-15-19/h5-6,8-11,13,15-16,22H,14H2,1-4H3/t22-/m0/s1. The predicted octanol–water partition coefficient (Wildman–Crippen LogP) is 6.33. The smallest absolute Gasteiger partial charge is 0.163 e. The lowest BCUT2D eigenvalue weighted by Gasteiger charge is -2.14. The number of thiophene rings is 1. The van der Waals surface area contributed by atoms with Crippen LogP contribution in [0.5, 0.6) is 0 Å². The zero-order valence-corrected chi connectivity index (χ0v) is 21.1. The second-order valence-electron chi connectivity index (χ2n) is 8.80. The molecule has 0 N–H and O–H groups in total. The van der Waals surface area contributed by atoms with Crippen molar-refractivity contribution in [2.24, 2.45) is 10.9 Å². The fraction of sp³-hybridized carbons (Fsp3) is 0.259. The molecule has 1 aliphatic rings. The lowest BCUT2D eigenvalue weighted by molar-refractivity contribution is 0.491. The summed E-state index contributed by atoms with van der Waals surface area (Å²) in [4.78, 5) is 10.5. The van der Waals surface area contributed by atoms with Gasteiger partial charge in [0.1, 0.15) is 16.9 Å². The third-order valence-electron chi connectivity index (χ3n) is 5.80. The Morgan fingerprint density at radius 1 is 1.09 bits per heavy atom. The van der Waals surface area contributed by atoms with Gasteiger partial charge in [0.25, 0.3) is 0 Å². The molecule has 5 nitrogen and oxygen atoms in total. The number of aliphatic imine (C=N–C) groups is 1. The van der Waals surface area contributed by atoms with Crippen molar-refractivity contribution in [2.45, 2.75) is 40.2 Å². The summed E-state index contributed by atoms with van der Waals surface area (Å²) >= 11 is 7.87. The normalized spacial score (nSPS) is 14.6. The number of fused-ring (bicyclic) bond motifs is 3. The number of halogens is 1. The molecular weight excluding hydrogens is 462 g/mol. The van der Waals surface area contributed by atoms with Crippen molar-refractivity contribution in [1.29, 1.82) is 0 Å². The Morgan fingerprint density at radius 2 is 1.88 bits per heavy atom. The fourth-order valence-corrected chi connectivity index (χ4v) is 5.52. The van der Waals surface area contributed by atoms with Crippen molar-refractivity contribution < 1.29 is 0 Å². The van der Waals surface area contributed by atoms with E-state index in [1.165, 1.54) is 0 Å². The molecule has 5 rings (SSSR count). The molecule has 0 radical (unpaired) electrons. The molecule has 1 aromatic carbocycles. The van der Waals surface area contributed by atoms with Crippen molar-refractivity contribution >= 4 is 28.6 Å². The van der Waals surface area contributed by atoms with Crippen molar-refractivity contribution in [2.75, 3.05) is 0 Å². The van der Waals surface area contributed by atoms with E-state index in [1.807, 2.05) is 43.3 Å². The van der Waals surface area contributed by atoms with E-state index in [-0.39, 0.29) is 6.04 Å². The summed E-state index contributed by atoms with van der Waals surface area (Å²) < 4.78 is 2.17. The van der Waals surface area contributed by atoms with Crippen LogP contribution in [0.2, 0.25) is 5.02 Å². The maximum atomic E-state index is 6.21. The van der Waals surface area contributed by atoms with Crippen molar-refractivity contribution in [3.8, 4) is 16.8 Å². The second kappa shape index (κ2) is 9.17. The summed E-state index contributed by atoms with van der Waals surface area (Å²) in [6.07, 6.45) is 4.42. The third kappa shape index (κ3) is 4.18. The van der Waals surface area contributed by atoms with E-state index in [2.05, 4.69) is 52.4 Å².